The lowest BCUT2D eigenvalue weighted by atomic mass is 9.99. The number of ether oxygens (including phenoxy) is 1. The average Bonchev–Trinajstić information content (AvgIpc) is 3.23. The fourth-order valence-corrected chi connectivity index (χ4v) is 5.25. The van der Waals surface area contributed by atoms with E-state index in [1.807, 2.05) is 29.7 Å². The second kappa shape index (κ2) is 10.4. The van der Waals surface area contributed by atoms with Crippen LogP contribution in [-0.4, -0.2) is 64.4 Å². The third-order valence-corrected chi connectivity index (χ3v) is 7.36. The Morgan fingerprint density at radius 1 is 0.944 bits per heavy atom. The zero-order chi connectivity index (χ0) is 26.0. The van der Waals surface area contributed by atoms with Crippen LogP contribution >= 0.6 is 0 Å². The van der Waals surface area contributed by atoms with Crippen molar-refractivity contribution in [3.8, 4) is 11.8 Å². The van der Waals surface area contributed by atoms with E-state index in [2.05, 4.69) is 0 Å². The standard InChI is InChI=1S/C27H33N5O4/c1-17-8-4-6-10-30(17)25(33)19-12-20(26(34)31-11-7-5-9-18(31)2)14-22(13-19)32-16-21(15-28)23(29)24(32)27(35)36-3/h12-14,16-18H,4-11,29H2,1-3H3. The zero-order valence-electron chi connectivity index (χ0n) is 21.1. The number of hydrogen-bond acceptors (Lipinski definition) is 6. The van der Waals surface area contributed by atoms with Crippen molar-refractivity contribution in [2.45, 2.75) is 64.5 Å². The number of piperidine rings is 2. The van der Waals surface area contributed by atoms with Gasteiger partial charge in [0.25, 0.3) is 11.8 Å². The minimum atomic E-state index is -0.715. The van der Waals surface area contributed by atoms with E-state index in [-0.39, 0.29) is 40.8 Å². The van der Waals surface area contributed by atoms with Crippen molar-refractivity contribution < 1.29 is 19.1 Å². The number of benzene rings is 1. The molecule has 2 aliphatic rings. The van der Waals surface area contributed by atoms with Crippen LogP contribution < -0.4 is 5.73 Å². The molecule has 2 amide bonds. The molecule has 0 saturated carbocycles. The molecule has 2 aromatic rings. The van der Waals surface area contributed by atoms with Crippen molar-refractivity contribution >= 4 is 23.5 Å². The number of nitrogens with two attached hydrogens (primary N) is 1. The van der Waals surface area contributed by atoms with E-state index >= 15 is 0 Å². The monoisotopic (exact) mass is 491 g/mol. The number of methoxy groups -OCH3 is 1. The lowest BCUT2D eigenvalue weighted by Gasteiger charge is -2.34. The molecular formula is C27H33N5O4. The maximum atomic E-state index is 13.6. The maximum Gasteiger partial charge on any atom is 0.357 e. The van der Waals surface area contributed by atoms with Crippen LogP contribution in [0.2, 0.25) is 0 Å². The lowest BCUT2D eigenvalue weighted by molar-refractivity contribution is 0.0591. The molecule has 2 unspecified atom stereocenters. The number of anilines is 1. The van der Waals surface area contributed by atoms with Gasteiger partial charge < -0.3 is 24.8 Å². The van der Waals surface area contributed by atoms with E-state index in [9.17, 15) is 19.6 Å². The van der Waals surface area contributed by atoms with Gasteiger partial charge in [0.1, 0.15) is 6.07 Å². The van der Waals surface area contributed by atoms with Crippen LogP contribution in [0.4, 0.5) is 5.69 Å². The van der Waals surface area contributed by atoms with E-state index in [1.165, 1.54) is 17.9 Å². The molecule has 3 heterocycles. The summed E-state index contributed by atoms with van der Waals surface area (Å²) < 4.78 is 6.35. The van der Waals surface area contributed by atoms with Crippen LogP contribution in [0.5, 0.6) is 0 Å². The molecule has 0 aliphatic carbocycles. The summed E-state index contributed by atoms with van der Waals surface area (Å²) in [5.41, 5.74) is 7.29. The molecule has 0 radical (unpaired) electrons. The summed E-state index contributed by atoms with van der Waals surface area (Å²) in [4.78, 5) is 43.5. The Morgan fingerprint density at radius 2 is 1.47 bits per heavy atom. The predicted molar refractivity (Wildman–Crippen MR) is 135 cm³/mol. The Kier molecular flexibility index (Phi) is 7.34. The number of esters is 1. The SMILES string of the molecule is COC(=O)c1c(N)c(C#N)cn1-c1cc(C(=O)N2CCCCC2C)cc(C(=O)N2CCCCC2C)c1. The minimum absolute atomic E-state index is 0.0109. The summed E-state index contributed by atoms with van der Waals surface area (Å²) in [5, 5.41) is 9.52. The third kappa shape index (κ3) is 4.68. The third-order valence-electron chi connectivity index (χ3n) is 7.36. The Hall–Kier alpha value is -3.80. The molecule has 36 heavy (non-hydrogen) atoms. The second-order valence-electron chi connectivity index (χ2n) is 9.73. The first kappa shape index (κ1) is 25.3. The van der Waals surface area contributed by atoms with E-state index in [1.54, 1.807) is 18.2 Å². The molecular weight excluding hydrogens is 458 g/mol. The summed E-state index contributed by atoms with van der Waals surface area (Å²) in [6.07, 6.45) is 7.29. The smallest absolute Gasteiger partial charge is 0.357 e. The highest BCUT2D eigenvalue weighted by Gasteiger charge is 2.29. The van der Waals surface area contributed by atoms with Crippen molar-refractivity contribution in [2.24, 2.45) is 0 Å². The van der Waals surface area contributed by atoms with Crippen molar-refractivity contribution in [1.29, 1.82) is 5.26 Å². The average molecular weight is 492 g/mol. The fourth-order valence-electron chi connectivity index (χ4n) is 5.25. The normalized spacial score (nSPS) is 20.1. The molecule has 0 spiro atoms. The van der Waals surface area contributed by atoms with Gasteiger partial charge in [-0.1, -0.05) is 0 Å². The largest absolute Gasteiger partial charge is 0.464 e. The van der Waals surface area contributed by atoms with Gasteiger partial charge in [-0.05, 0) is 70.6 Å². The molecule has 2 N–H and O–H groups in total. The van der Waals surface area contributed by atoms with E-state index < -0.39 is 5.97 Å². The molecule has 1 aromatic carbocycles. The number of amides is 2. The maximum absolute atomic E-state index is 13.6. The van der Waals surface area contributed by atoms with Crippen molar-refractivity contribution in [3.63, 3.8) is 0 Å². The molecule has 9 nitrogen and oxygen atoms in total. The first-order valence-electron chi connectivity index (χ1n) is 12.5. The number of aromatic nitrogens is 1. The van der Waals surface area contributed by atoms with Gasteiger partial charge in [0.2, 0.25) is 0 Å². The van der Waals surface area contributed by atoms with Crippen molar-refractivity contribution in [3.05, 3.63) is 46.8 Å². The van der Waals surface area contributed by atoms with Gasteiger partial charge in [0.05, 0.1) is 18.4 Å². The Balaban J connectivity index is 1.86. The van der Waals surface area contributed by atoms with Crippen LogP contribution in [0, 0.1) is 11.3 Å². The van der Waals surface area contributed by atoms with Gasteiger partial charge in [-0.15, -0.1) is 0 Å². The van der Waals surface area contributed by atoms with Crippen molar-refractivity contribution in [1.82, 2.24) is 14.4 Å². The zero-order valence-corrected chi connectivity index (χ0v) is 21.1. The number of nitriles is 1. The minimum Gasteiger partial charge on any atom is -0.464 e. The molecule has 2 aliphatic heterocycles. The lowest BCUT2D eigenvalue weighted by Crippen LogP contribution is -2.43. The quantitative estimate of drug-likeness (QED) is 0.650. The summed E-state index contributed by atoms with van der Waals surface area (Å²) in [7, 11) is 1.23. The number of nitrogen functional groups attached to an aromatic ring is 1. The molecule has 190 valence electrons. The summed E-state index contributed by atoms with van der Waals surface area (Å²) in [6, 6.07) is 7.11. The number of rotatable bonds is 4. The summed E-state index contributed by atoms with van der Waals surface area (Å²) in [5.74, 6) is -1.04. The highest BCUT2D eigenvalue weighted by molar-refractivity contribution is 6.01. The fraction of sp³-hybridized carbons (Fsp3) is 0.481. The van der Waals surface area contributed by atoms with Crippen LogP contribution in [-0.2, 0) is 4.74 Å². The van der Waals surface area contributed by atoms with Crippen LogP contribution in [0.3, 0.4) is 0 Å². The van der Waals surface area contributed by atoms with E-state index in [0.717, 1.165) is 38.5 Å². The summed E-state index contributed by atoms with van der Waals surface area (Å²) in [6.45, 7) is 5.37. The van der Waals surface area contributed by atoms with Gasteiger partial charge in [0, 0.05) is 48.2 Å². The molecule has 2 saturated heterocycles. The van der Waals surface area contributed by atoms with Gasteiger partial charge in [-0.3, -0.25) is 9.59 Å². The van der Waals surface area contributed by atoms with Gasteiger partial charge in [-0.25, -0.2) is 4.79 Å². The number of carbonyl (C=O) groups is 3. The number of hydrogen-bond donors (Lipinski definition) is 1. The summed E-state index contributed by atoms with van der Waals surface area (Å²) >= 11 is 0. The molecule has 4 rings (SSSR count). The number of nitrogens with zero attached hydrogens (tertiary/aromatic N) is 4. The van der Waals surface area contributed by atoms with E-state index in [4.69, 9.17) is 10.5 Å². The highest BCUT2D eigenvalue weighted by atomic mass is 16.5. The van der Waals surface area contributed by atoms with Crippen LogP contribution in [0.15, 0.2) is 24.4 Å². The molecule has 2 fully saturated rings. The van der Waals surface area contributed by atoms with Crippen LogP contribution in [0.25, 0.3) is 5.69 Å². The van der Waals surface area contributed by atoms with Crippen LogP contribution in [0.1, 0.15) is 89.1 Å². The molecule has 0 bridgehead atoms. The first-order valence-corrected chi connectivity index (χ1v) is 12.5. The highest BCUT2D eigenvalue weighted by Crippen LogP contribution is 2.29. The Morgan fingerprint density at radius 3 is 1.92 bits per heavy atom. The van der Waals surface area contributed by atoms with Gasteiger partial charge in [0.15, 0.2) is 5.69 Å². The Labute approximate surface area is 211 Å². The topological polar surface area (TPSA) is 122 Å². The van der Waals surface area contributed by atoms with Gasteiger partial charge >= 0.3 is 5.97 Å². The molecule has 2 atom stereocenters. The number of likely N-dealkylation sites (tertiary alicyclic amines) is 2. The van der Waals surface area contributed by atoms with E-state index in [0.29, 0.717) is 29.9 Å². The van der Waals surface area contributed by atoms with Gasteiger partial charge in [-0.2, -0.15) is 5.26 Å². The first-order chi connectivity index (χ1) is 17.3. The Bertz CT molecular complexity index is 1180. The molecule has 1 aromatic heterocycles. The van der Waals surface area contributed by atoms with Crippen molar-refractivity contribution in [2.75, 3.05) is 25.9 Å². The number of carbonyl (C=O) groups excluding carboxylic acids is 3. The second-order valence-corrected chi connectivity index (χ2v) is 9.73. The molecule has 9 heteroatoms. The predicted octanol–water partition coefficient (Wildman–Crippen LogP) is 3.75.